The highest BCUT2D eigenvalue weighted by Gasteiger charge is 2.20. The Bertz CT molecular complexity index is 746. The Morgan fingerprint density at radius 2 is 1.60 bits per heavy atom. The van der Waals surface area contributed by atoms with E-state index in [0.29, 0.717) is 0 Å². The van der Waals surface area contributed by atoms with E-state index in [2.05, 4.69) is 5.32 Å². The van der Waals surface area contributed by atoms with Crippen LogP contribution < -0.4 is 10.2 Å². The maximum absolute atomic E-state index is 12.5. The molecule has 2 aromatic carbocycles. The van der Waals surface area contributed by atoms with Gasteiger partial charge in [0.05, 0.1) is 11.7 Å². The van der Waals surface area contributed by atoms with Gasteiger partial charge in [0.1, 0.15) is 6.54 Å². The third kappa shape index (κ3) is 4.69. The van der Waals surface area contributed by atoms with E-state index >= 15 is 0 Å². The summed E-state index contributed by atoms with van der Waals surface area (Å²) in [4.78, 5) is 26.2. The first-order valence-corrected chi connectivity index (χ1v) is 8.50. The number of nitrogens with one attached hydrogen (secondary N) is 1. The lowest BCUT2D eigenvalue weighted by atomic mass is 10.0. The number of hydrogen-bond donors (Lipinski definition) is 1. The maximum Gasteiger partial charge on any atom is 0.240 e. The van der Waals surface area contributed by atoms with Gasteiger partial charge in [-0.05, 0) is 44.4 Å². The fraction of sp³-hybridized carbons (Fsp3) is 0.333. The van der Waals surface area contributed by atoms with Crippen LogP contribution in [0.15, 0.2) is 42.5 Å². The molecule has 0 aromatic heterocycles. The molecule has 0 fully saturated rings. The van der Waals surface area contributed by atoms with Gasteiger partial charge in [-0.15, -0.1) is 0 Å². The summed E-state index contributed by atoms with van der Waals surface area (Å²) < 4.78 is 0. The standard InChI is InChI=1S/C21H26N2O2/c1-14-11-15(2)21(16(3)12-14)23(18(5)24)13-20(25)22-17(4)19-9-7-6-8-10-19/h6-12,17H,13H2,1-5H3,(H,22,25). The molecule has 0 heterocycles. The summed E-state index contributed by atoms with van der Waals surface area (Å²) in [6.07, 6.45) is 0. The molecule has 0 saturated heterocycles. The first-order chi connectivity index (χ1) is 11.8. The van der Waals surface area contributed by atoms with Crippen molar-refractivity contribution in [1.29, 1.82) is 0 Å². The van der Waals surface area contributed by atoms with Crippen molar-refractivity contribution in [3.63, 3.8) is 0 Å². The third-order valence-electron chi connectivity index (χ3n) is 4.26. The zero-order valence-electron chi connectivity index (χ0n) is 15.6. The normalized spacial score (nSPS) is 11.7. The molecular formula is C21H26N2O2. The number of carbonyl (C=O) groups excluding carboxylic acids is 2. The van der Waals surface area contributed by atoms with Crippen LogP contribution in [-0.2, 0) is 9.59 Å². The minimum Gasteiger partial charge on any atom is -0.348 e. The molecule has 0 radical (unpaired) electrons. The zero-order chi connectivity index (χ0) is 18.6. The number of benzene rings is 2. The lowest BCUT2D eigenvalue weighted by Gasteiger charge is -2.26. The number of anilines is 1. The Balaban J connectivity index is 2.17. The fourth-order valence-corrected chi connectivity index (χ4v) is 3.20. The molecule has 0 spiro atoms. The molecule has 2 aromatic rings. The maximum atomic E-state index is 12.5. The zero-order valence-corrected chi connectivity index (χ0v) is 15.6. The van der Waals surface area contributed by atoms with Gasteiger partial charge in [-0.2, -0.15) is 0 Å². The van der Waals surface area contributed by atoms with Crippen molar-refractivity contribution in [3.8, 4) is 0 Å². The molecule has 1 atom stereocenters. The van der Waals surface area contributed by atoms with Crippen LogP contribution in [0.4, 0.5) is 5.69 Å². The molecule has 0 bridgehead atoms. The van der Waals surface area contributed by atoms with E-state index in [1.165, 1.54) is 6.92 Å². The van der Waals surface area contributed by atoms with Crippen LogP contribution in [0.3, 0.4) is 0 Å². The van der Waals surface area contributed by atoms with Gasteiger partial charge in [0.25, 0.3) is 0 Å². The van der Waals surface area contributed by atoms with Crippen molar-refractivity contribution in [2.45, 2.75) is 40.7 Å². The van der Waals surface area contributed by atoms with Gasteiger partial charge in [-0.1, -0.05) is 48.0 Å². The summed E-state index contributed by atoms with van der Waals surface area (Å²) in [6, 6.07) is 13.7. The van der Waals surface area contributed by atoms with Crippen molar-refractivity contribution >= 4 is 17.5 Å². The van der Waals surface area contributed by atoms with E-state index in [4.69, 9.17) is 0 Å². The molecule has 4 nitrogen and oxygen atoms in total. The number of hydrogen-bond acceptors (Lipinski definition) is 2. The Kier molecular flexibility index (Phi) is 5.97. The summed E-state index contributed by atoms with van der Waals surface area (Å²) in [5.41, 5.74) is 4.99. The van der Waals surface area contributed by atoms with Gasteiger partial charge >= 0.3 is 0 Å². The van der Waals surface area contributed by atoms with Gasteiger partial charge in [0, 0.05) is 6.92 Å². The fourth-order valence-electron chi connectivity index (χ4n) is 3.20. The second-order valence-electron chi connectivity index (χ2n) is 6.55. The molecule has 2 amide bonds. The molecule has 0 saturated carbocycles. The van der Waals surface area contributed by atoms with Crippen molar-refractivity contribution in [2.75, 3.05) is 11.4 Å². The first-order valence-electron chi connectivity index (χ1n) is 8.50. The van der Waals surface area contributed by atoms with Crippen LogP contribution in [-0.4, -0.2) is 18.4 Å². The number of carbonyl (C=O) groups is 2. The highest BCUT2D eigenvalue weighted by atomic mass is 16.2. The van der Waals surface area contributed by atoms with Crippen LogP contribution in [0.1, 0.15) is 42.1 Å². The van der Waals surface area contributed by atoms with E-state index in [1.54, 1.807) is 4.90 Å². The second-order valence-corrected chi connectivity index (χ2v) is 6.55. The molecule has 4 heteroatoms. The molecule has 0 aliphatic carbocycles. The molecule has 1 unspecified atom stereocenters. The Morgan fingerprint density at radius 1 is 1.04 bits per heavy atom. The van der Waals surface area contributed by atoms with Crippen molar-refractivity contribution < 1.29 is 9.59 Å². The van der Waals surface area contributed by atoms with Crippen LogP contribution >= 0.6 is 0 Å². The first kappa shape index (κ1) is 18.7. The van der Waals surface area contributed by atoms with E-state index in [-0.39, 0.29) is 24.4 Å². The Hall–Kier alpha value is -2.62. The highest BCUT2D eigenvalue weighted by molar-refractivity contribution is 5.98. The van der Waals surface area contributed by atoms with Gasteiger partial charge in [-0.25, -0.2) is 0 Å². The number of amides is 2. The summed E-state index contributed by atoms with van der Waals surface area (Å²) in [5.74, 6) is -0.316. The van der Waals surface area contributed by atoms with Crippen LogP contribution in [0.5, 0.6) is 0 Å². The second kappa shape index (κ2) is 7.97. The summed E-state index contributed by atoms with van der Waals surface area (Å²) >= 11 is 0. The monoisotopic (exact) mass is 338 g/mol. The van der Waals surface area contributed by atoms with Crippen LogP contribution in [0.25, 0.3) is 0 Å². The molecule has 1 N–H and O–H groups in total. The van der Waals surface area contributed by atoms with Crippen molar-refractivity contribution in [3.05, 3.63) is 64.7 Å². The predicted molar refractivity (Wildman–Crippen MR) is 102 cm³/mol. The van der Waals surface area contributed by atoms with Gasteiger partial charge in [0.15, 0.2) is 0 Å². The predicted octanol–water partition coefficient (Wildman–Crippen LogP) is 3.84. The average molecular weight is 338 g/mol. The highest BCUT2D eigenvalue weighted by Crippen LogP contribution is 2.26. The lowest BCUT2D eigenvalue weighted by Crippen LogP contribution is -2.41. The quantitative estimate of drug-likeness (QED) is 0.900. The van der Waals surface area contributed by atoms with Gasteiger partial charge in [0.2, 0.25) is 11.8 Å². The SMILES string of the molecule is CC(=O)N(CC(=O)NC(C)c1ccccc1)c1c(C)cc(C)cc1C. The third-order valence-corrected chi connectivity index (χ3v) is 4.26. The molecule has 0 aliphatic rings. The summed E-state index contributed by atoms with van der Waals surface area (Å²) in [7, 11) is 0. The topological polar surface area (TPSA) is 49.4 Å². The summed E-state index contributed by atoms with van der Waals surface area (Å²) in [6.45, 7) is 9.40. The molecular weight excluding hydrogens is 312 g/mol. The largest absolute Gasteiger partial charge is 0.348 e. The molecule has 132 valence electrons. The molecule has 2 rings (SSSR count). The van der Waals surface area contributed by atoms with Crippen molar-refractivity contribution in [1.82, 2.24) is 5.32 Å². The van der Waals surface area contributed by atoms with E-state index in [0.717, 1.165) is 27.9 Å². The Morgan fingerprint density at radius 3 is 2.12 bits per heavy atom. The van der Waals surface area contributed by atoms with Crippen molar-refractivity contribution in [2.24, 2.45) is 0 Å². The lowest BCUT2D eigenvalue weighted by molar-refractivity contribution is -0.123. The number of aryl methyl sites for hydroxylation is 3. The van der Waals surface area contributed by atoms with Gasteiger partial charge < -0.3 is 10.2 Å². The van der Waals surface area contributed by atoms with Gasteiger partial charge in [-0.3, -0.25) is 9.59 Å². The molecule has 25 heavy (non-hydrogen) atoms. The minimum atomic E-state index is -0.175. The number of rotatable bonds is 5. The van der Waals surface area contributed by atoms with E-state index in [9.17, 15) is 9.59 Å². The van der Waals surface area contributed by atoms with E-state index < -0.39 is 0 Å². The number of nitrogens with zero attached hydrogens (tertiary/aromatic N) is 1. The minimum absolute atomic E-state index is 0.0112. The summed E-state index contributed by atoms with van der Waals surface area (Å²) in [5, 5.41) is 2.97. The Labute approximate surface area is 149 Å². The molecule has 0 aliphatic heterocycles. The van der Waals surface area contributed by atoms with Crippen LogP contribution in [0, 0.1) is 20.8 Å². The average Bonchev–Trinajstić information content (AvgIpc) is 2.53. The smallest absolute Gasteiger partial charge is 0.240 e. The van der Waals surface area contributed by atoms with Crippen LogP contribution in [0.2, 0.25) is 0 Å². The van der Waals surface area contributed by atoms with E-state index in [1.807, 2.05) is 70.2 Å².